The lowest BCUT2D eigenvalue weighted by atomic mass is 9.44. The van der Waals surface area contributed by atoms with E-state index in [-0.39, 0.29) is 24.8 Å². The molecule has 2 aromatic rings. The Balaban J connectivity index is 1.19. The minimum Gasteiger partial charge on any atom is -0.457 e. The molecular formula is C36H39F2NO7. The predicted molar refractivity (Wildman–Crippen MR) is 165 cm³/mol. The van der Waals surface area contributed by atoms with Crippen LogP contribution in [0, 0.1) is 29.6 Å². The molecule has 244 valence electrons. The fourth-order valence-electron chi connectivity index (χ4n) is 9.50. The lowest BCUT2D eigenvalue weighted by molar-refractivity contribution is -0.235. The van der Waals surface area contributed by atoms with Crippen molar-refractivity contribution in [2.24, 2.45) is 22.7 Å². The van der Waals surface area contributed by atoms with Gasteiger partial charge in [0, 0.05) is 41.1 Å². The summed E-state index contributed by atoms with van der Waals surface area (Å²) in [6.07, 6.45) is -1.55. The lowest BCUT2D eigenvalue weighted by Crippen LogP contribution is -2.70. The second-order valence-corrected chi connectivity index (χ2v) is 13.9. The van der Waals surface area contributed by atoms with Crippen molar-refractivity contribution >= 4 is 17.3 Å². The summed E-state index contributed by atoms with van der Waals surface area (Å²) in [5, 5.41) is 25.0. The summed E-state index contributed by atoms with van der Waals surface area (Å²) in [6, 6.07) is 12.9. The molecule has 3 N–H and O–H groups in total. The molecule has 0 bridgehead atoms. The van der Waals surface area contributed by atoms with Crippen molar-refractivity contribution in [1.29, 1.82) is 0 Å². The molecule has 0 radical (unpaired) electrons. The number of aliphatic hydroxyl groups excluding tert-OH is 2. The highest BCUT2D eigenvalue weighted by atomic mass is 19.1. The number of hydrogen-bond donors (Lipinski definition) is 3. The van der Waals surface area contributed by atoms with Gasteiger partial charge in [0.15, 0.2) is 29.1 Å². The average Bonchev–Trinajstić information content (AvgIpc) is 3.52. The topological polar surface area (TPSA) is 114 Å². The number of carbonyl (C=O) groups is 2. The van der Waals surface area contributed by atoms with Crippen LogP contribution in [-0.4, -0.2) is 65.1 Å². The number of fused-ring (bicyclic) bond motifs is 7. The molecule has 10 atom stereocenters. The Morgan fingerprint density at radius 3 is 2.54 bits per heavy atom. The number of rotatable bonds is 6. The number of ether oxygens (including phenoxy) is 3. The molecule has 0 spiro atoms. The maximum Gasteiger partial charge on any atom is 0.193 e. The van der Waals surface area contributed by atoms with E-state index in [2.05, 4.69) is 5.32 Å². The summed E-state index contributed by atoms with van der Waals surface area (Å²) in [7, 11) is 1.83. The molecule has 46 heavy (non-hydrogen) atoms. The number of anilines is 1. The zero-order valence-electron chi connectivity index (χ0n) is 26.3. The summed E-state index contributed by atoms with van der Waals surface area (Å²) in [5.41, 5.74) is -4.12. The van der Waals surface area contributed by atoms with E-state index in [4.69, 9.17) is 14.2 Å². The third kappa shape index (κ3) is 4.09. The fourth-order valence-corrected chi connectivity index (χ4v) is 9.50. The molecule has 4 aliphatic carbocycles. The van der Waals surface area contributed by atoms with Crippen molar-refractivity contribution in [1.82, 2.24) is 0 Å². The van der Waals surface area contributed by atoms with E-state index in [1.165, 1.54) is 19.1 Å². The predicted octanol–water partition coefficient (Wildman–Crippen LogP) is 5.47. The Labute approximate surface area is 266 Å². The number of aryl methyl sites for hydroxylation is 1. The van der Waals surface area contributed by atoms with E-state index in [0.29, 0.717) is 17.1 Å². The number of carbonyl (C=O) groups excluding carboxylic acids is 2. The Bertz CT molecular complexity index is 1660. The highest BCUT2D eigenvalue weighted by molar-refractivity contribution is 6.01. The highest BCUT2D eigenvalue weighted by Crippen LogP contribution is 2.72. The second-order valence-electron chi connectivity index (χ2n) is 13.9. The van der Waals surface area contributed by atoms with Crippen LogP contribution in [0.2, 0.25) is 0 Å². The lowest BCUT2D eigenvalue weighted by Gasteiger charge is -2.63. The maximum absolute atomic E-state index is 17.6. The van der Waals surface area contributed by atoms with Gasteiger partial charge in [-0.25, -0.2) is 8.78 Å². The van der Waals surface area contributed by atoms with Gasteiger partial charge in [0.05, 0.1) is 12.2 Å². The van der Waals surface area contributed by atoms with Gasteiger partial charge < -0.3 is 29.7 Å². The third-order valence-corrected chi connectivity index (χ3v) is 11.7. The number of Topliss-reactive ketones (excluding diaryl/α,β-unsaturated/α-hetero) is 1. The third-order valence-electron chi connectivity index (χ3n) is 11.7. The number of nitrogens with one attached hydrogen (secondary N) is 1. The van der Waals surface area contributed by atoms with Crippen molar-refractivity contribution in [2.75, 3.05) is 19.0 Å². The van der Waals surface area contributed by atoms with Gasteiger partial charge in [-0.2, -0.15) is 0 Å². The van der Waals surface area contributed by atoms with Gasteiger partial charge in [0.25, 0.3) is 0 Å². The van der Waals surface area contributed by atoms with Gasteiger partial charge in [-0.15, -0.1) is 0 Å². The van der Waals surface area contributed by atoms with Crippen molar-refractivity contribution in [3.63, 3.8) is 0 Å². The molecule has 0 amide bonds. The molecule has 5 aliphatic rings. The summed E-state index contributed by atoms with van der Waals surface area (Å²) in [4.78, 5) is 25.9. The van der Waals surface area contributed by atoms with Gasteiger partial charge in [-0.05, 0) is 86.6 Å². The van der Waals surface area contributed by atoms with E-state index >= 15 is 8.78 Å². The number of alkyl halides is 2. The second kappa shape index (κ2) is 10.5. The van der Waals surface area contributed by atoms with Gasteiger partial charge in [0.2, 0.25) is 0 Å². The molecule has 1 aliphatic heterocycles. The molecule has 4 fully saturated rings. The largest absolute Gasteiger partial charge is 0.457 e. The quantitative estimate of drug-likeness (QED) is 0.383. The molecule has 7 rings (SSSR count). The summed E-state index contributed by atoms with van der Waals surface area (Å²) < 4.78 is 52.4. The van der Waals surface area contributed by atoms with Gasteiger partial charge in [0.1, 0.15) is 24.3 Å². The molecule has 8 nitrogen and oxygen atoms in total. The monoisotopic (exact) mass is 635 g/mol. The van der Waals surface area contributed by atoms with Crippen LogP contribution < -0.4 is 10.1 Å². The average molecular weight is 636 g/mol. The number of aliphatic hydroxyl groups is 2. The minimum absolute atomic E-state index is 0.0330. The number of ketones is 2. The molecule has 1 saturated heterocycles. The van der Waals surface area contributed by atoms with E-state index in [0.717, 1.165) is 17.3 Å². The van der Waals surface area contributed by atoms with Crippen LogP contribution in [0.5, 0.6) is 11.5 Å². The maximum atomic E-state index is 17.6. The molecule has 3 saturated carbocycles. The SMILES string of the molecule is CNc1cc(C)cc(Oc2ccc([C@H]3O[C@@H]4C[C@H]5[C@@H]6C[C@H](F)C7=CC(=O)C=C[C@]7(C)[C@@]6(F)[C@@H](O)C[C@]5(C)[C@]4(C(=O)CO)O3)cc2)c1. The first-order valence-electron chi connectivity index (χ1n) is 15.8. The van der Waals surface area contributed by atoms with Crippen LogP contribution in [0.4, 0.5) is 14.5 Å². The first kappa shape index (κ1) is 31.2. The zero-order valence-corrected chi connectivity index (χ0v) is 26.3. The van der Waals surface area contributed by atoms with Crippen LogP contribution in [0.1, 0.15) is 50.5 Å². The van der Waals surface area contributed by atoms with Crippen molar-refractivity contribution < 1.29 is 42.8 Å². The Hall–Kier alpha value is -3.44. The standard InChI is InChI=1S/C36H39F2NO7/c1-19-11-21(39-4)13-24(12-19)44-23-7-5-20(6-8-23)32-45-31-16-25-26-15-28(37)27-14-22(41)9-10-33(27,2)35(26,38)29(42)17-34(25,3)36(31,46-32)30(43)18-40/h5-14,25-26,28-29,31-32,39-40,42H,15-18H2,1-4H3/t25-,26-,28-,29-,31+,32-,33-,34-,35-,36+/m0/s1. The first-order valence-corrected chi connectivity index (χ1v) is 15.8. The van der Waals surface area contributed by atoms with Crippen molar-refractivity contribution in [3.05, 3.63) is 77.4 Å². The zero-order chi connectivity index (χ0) is 32.8. The van der Waals surface area contributed by atoms with Crippen LogP contribution in [0.25, 0.3) is 0 Å². The number of halogens is 2. The van der Waals surface area contributed by atoms with E-state index in [1.807, 2.05) is 32.2 Å². The first-order chi connectivity index (χ1) is 21.8. The number of hydrogen-bond acceptors (Lipinski definition) is 8. The Morgan fingerprint density at radius 1 is 1.11 bits per heavy atom. The molecule has 1 heterocycles. The highest BCUT2D eigenvalue weighted by Gasteiger charge is 2.80. The minimum atomic E-state index is -2.30. The summed E-state index contributed by atoms with van der Waals surface area (Å²) in [6.45, 7) is 4.43. The Kier molecular flexibility index (Phi) is 7.14. The van der Waals surface area contributed by atoms with E-state index in [1.54, 1.807) is 31.2 Å². The Morgan fingerprint density at radius 2 is 1.85 bits per heavy atom. The van der Waals surface area contributed by atoms with Gasteiger partial charge in [-0.1, -0.05) is 25.1 Å². The number of allylic oxidation sites excluding steroid dienone is 4. The van der Waals surface area contributed by atoms with E-state index < -0.39 is 76.8 Å². The molecule has 2 aromatic carbocycles. The summed E-state index contributed by atoms with van der Waals surface area (Å²) in [5.74, 6) is -1.41. The molecular weight excluding hydrogens is 596 g/mol. The van der Waals surface area contributed by atoms with Crippen molar-refractivity contribution in [2.45, 2.75) is 76.0 Å². The van der Waals surface area contributed by atoms with Crippen LogP contribution >= 0.6 is 0 Å². The van der Waals surface area contributed by atoms with Crippen LogP contribution in [0.15, 0.2) is 66.3 Å². The molecule has 10 heteroatoms. The van der Waals surface area contributed by atoms with Gasteiger partial charge in [-0.3, -0.25) is 9.59 Å². The fraction of sp³-hybridized carbons (Fsp3) is 0.500. The van der Waals surface area contributed by atoms with Crippen molar-refractivity contribution in [3.8, 4) is 11.5 Å². The molecule has 0 unspecified atom stereocenters. The van der Waals surface area contributed by atoms with E-state index in [9.17, 15) is 19.8 Å². The molecule has 0 aromatic heterocycles. The summed E-state index contributed by atoms with van der Waals surface area (Å²) >= 11 is 0. The normalized spacial score (nSPS) is 40.8. The van der Waals surface area contributed by atoms with Crippen LogP contribution in [-0.2, 0) is 19.1 Å². The smallest absolute Gasteiger partial charge is 0.193 e. The van der Waals surface area contributed by atoms with Crippen LogP contribution in [0.3, 0.4) is 0 Å². The van der Waals surface area contributed by atoms with Gasteiger partial charge >= 0.3 is 0 Å². The number of benzene rings is 2.